The SMILES string of the molecule is COc1ccccc1CN[C@H]1C2CC[N+](CC(N)=O)(CC2)[C@H]1C(c1ccccc1)c1ccccc1.[I-]. The van der Waals surface area contributed by atoms with Gasteiger partial charge in [-0.3, -0.25) is 4.79 Å². The van der Waals surface area contributed by atoms with E-state index in [1.165, 1.54) is 11.1 Å². The number of carbonyl (C=O) groups is 1. The number of amides is 1. The lowest BCUT2D eigenvalue weighted by Gasteiger charge is -2.60. The van der Waals surface area contributed by atoms with Gasteiger partial charge in [0.1, 0.15) is 11.8 Å². The van der Waals surface area contributed by atoms with Crippen LogP contribution in [0.15, 0.2) is 84.9 Å². The Hall–Kier alpha value is -2.42. The minimum absolute atomic E-state index is 0. The van der Waals surface area contributed by atoms with Gasteiger partial charge in [-0.1, -0.05) is 78.9 Å². The van der Waals surface area contributed by atoms with Crippen LogP contribution in [0.5, 0.6) is 5.75 Å². The van der Waals surface area contributed by atoms with Crippen LogP contribution in [-0.4, -0.2) is 49.2 Å². The highest BCUT2D eigenvalue weighted by molar-refractivity contribution is 5.75. The number of quaternary nitrogens is 1. The molecule has 5 nitrogen and oxygen atoms in total. The molecule has 0 radical (unpaired) electrons. The number of nitrogens with two attached hydrogens (primary N) is 1. The van der Waals surface area contributed by atoms with Crippen LogP contribution in [0.3, 0.4) is 0 Å². The Morgan fingerprint density at radius 1 is 0.944 bits per heavy atom. The highest BCUT2D eigenvalue weighted by Crippen LogP contribution is 2.46. The first-order valence-corrected chi connectivity index (χ1v) is 12.7. The number of ether oxygens (including phenoxy) is 1. The van der Waals surface area contributed by atoms with Crippen LogP contribution >= 0.6 is 0 Å². The fourth-order valence-electron chi connectivity index (χ4n) is 6.75. The van der Waals surface area contributed by atoms with Crippen molar-refractivity contribution in [2.75, 3.05) is 26.7 Å². The third kappa shape index (κ3) is 5.31. The van der Waals surface area contributed by atoms with Crippen molar-refractivity contribution < 1.29 is 38.0 Å². The van der Waals surface area contributed by atoms with E-state index >= 15 is 0 Å². The van der Waals surface area contributed by atoms with Crippen molar-refractivity contribution in [3.05, 3.63) is 102 Å². The molecule has 1 amide bonds. The van der Waals surface area contributed by atoms with Crippen LogP contribution < -0.4 is 39.8 Å². The topological polar surface area (TPSA) is 64.3 Å². The number of para-hydroxylation sites is 1. The van der Waals surface area contributed by atoms with E-state index in [0.717, 1.165) is 48.3 Å². The molecule has 2 bridgehead atoms. The Balaban J connectivity index is 0.00000304. The zero-order chi connectivity index (χ0) is 24.3. The van der Waals surface area contributed by atoms with Gasteiger partial charge in [-0.15, -0.1) is 0 Å². The summed E-state index contributed by atoms with van der Waals surface area (Å²) in [5, 5.41) is 3.96. The average molecular weight is 598 g/mol. The van der Waals surface area contributed by atoms with Gasteiger partial charge >= 0.3 is 0 Å². The van der Waals surface area contributed by atoms with E-state index in [4.69, 9.17) is 10.5 Å². The number of nitrogens with zero attached hydrogens (tertiary/aromatic N) is 1. The summed E-state index contributed by atoms with van der Waals surface area (Å²) in [6.07, 6.45) is 2.23. The fraction of sp³-hybridized carbons (Fsp3) is 0.367. The molecule has 2 atom stereocenters. The maximum absolute atomic E-state index is 12.4. The van der Waals surface area contributed by atoms with Crippen molar-refractivity contribution in [3.8, 4) is 5.75 Å². The molecule has 3 heterocycles. The molecule has 3 N–H and O–H groups in total. The molecule has 36 heavy (non-hydrogen) atoms. The van der Waals surface area contributed by atoms with Crippen LogP contribution in [-0.2, 0) is 11.3 Å². The molecule has 6 heteroatoms. The average Bonchev–Trinajstić information content (AvgIpc) is 2.90. The summed E-state index contributed by atoms with van der Waals surface area (Å²) in [7, 11) is 1.73. The number of rotatable bonds is 9. The summed E-state index contributed by atoms with van der Waals surface area (Å²) < 4.78 is 6.38. The molecule has 190 valence electrons. The molecule has 3 aliphatic heterocycles. The number of methoxy groups -OCH3 is 1. The second-order valence-electron chi connectivity index (χ2n) is 10.1. The zero-order valence-electron chi connectivity index (χ0n) is 20.9. The first-order valence-electron chi connectivity index (χ1n) is 12.7. The van der Waals surface area contributed by atoms with E-state index in [-0.39, 0.29) is 47.9 Å². The van der Waals surface area contributed by atoms with Gasteiger partial charge in [0.2, 0.25) is 0 Å². The van der Waals surface area contributed by atoms with Crippen molar-refractivity contribution in [1.29, 1.82) is 0 Å². The third-order valence-electron chi connectivity index (χ3n) is 8.25. The van der Waals surface area contributed by atoms with Crippen molar-refractivity contribution in [2.24, 2.45) is 11.7 Å². The number of hydrogen-bond acceptors (Lipinski definition) is 3. The van der Waals surface area contributed by atoms with Crippen LogP contribution in [0.2, 0.25) is 0 Å². The summed E-state index contributed by atoms with van der Waals surface area (Å²) in [6, 6.07) is 30.2. The number of carbonyl (C=O) groups excluding carboxylic acids is 1. The van der Waals surface area contributed by atoms with Crippen LogP contribution in [0.4, 0.5) is 0 Å². The monoisotopic (exact) mass is 597 g/mol. The smallest absolute Gasteiger partial charge is 0.272 e. The van der Waals surface area contributed by atoms with Gasteiger partial charge in [0.15, 0.2) is 6.54 Å². The van der Waals surface area contributed by atoms with Gasteiger partial charge in [0.05, 0.1) is 32.2 Å². The predicted molar refractivity (Wildman–Crippen MR) is 139 cm³/mol. The lowest BCUT2D eigenvalue weighted by Crippen LogP contribution is -3.00. The van der Waals surface area contributed by atoms with Gasteiger partial charge < -0.3 is 44.2 Å². The standard InChI is InChI=1S/C30H35N3O2.HI/c1-35-26-15-9-8-14-25(26)20-32-29-24-16-18-33(19-17-24,21-27(31)34)30(29)28(22-10-4-2-5-11-22)23-12-6-3-7-13-23;/h2-15,24,28-30,32H,16-21H2,1H3,(H-,31,34);1H/t24?,29-,30-,33?;/m0./s1. The molecule has 3 aromatic carbocycles. The van der Waals surface area contributed by atoms with Gasteiger partial charge in [0.25, 0.3) is 5.91 Å². The molecule has 3 aromatic rings. The minimum Gasteiger partial charge on any atom is -1.00 e. The number of benzene rings is 3. The lowest BCUT2D eigenvalue weighted by atomic mass is 9.68. The van der Waals surface area contributed by atoms with E-state index in [2.05, 4.69) is 78.1 Å². The molecular formula is C30H36IN3O2. The predicted octanol–water partition coefficient (Wildman–Crippen LogP) is 1.08. The summed E-state index contributed by atoms with van der Waals surface area (Å²) in [6.45, 7) is 3.12. The van der Waals surface area contributed by atoms with E-state index < -0.39 is 0 Å². The van der Waals surface area contributed by atoms with E-state index in [1.807, 2.05) is 12.1 Å². The van der Waals surface area contributed by atoms with Gasteiger partial charge in [-0.05, 0) is 23.1 Å². The highest BCUT2D eigenvalue weighted by Gasteiger charge is 2.57. The summed E-state index contributed by atoms with van der Waals surface area (Å²) in [4.78, 5) is 12.4. The lowest BCUT2D eigenvalue weighted by molar-refractivity contribution is -0.961. The number of piperidine rings is 3. The quantitative estimate of drug-likeness (QED) is 0.287. The zero-order valence-corrected chi connectivity index (χ0v) is 23.0. The van der Waals surface area contributed by atoms with E-state index in [0.29, 0.717) is 12.5 Å². The molecule has 0 aromatic heterocycles. The van der Waals surface area contributed by atoms with Crippen molar-refractivity contribution in [3.63, 3.8) is 0 Å². The molecule has 3 saturated heterocycles. The fourth-order valence-corrected chi connectivity index (χ4v) is 6.75. The maximum atomic E-state index is 12.4. The molecule has 6 rings (SSSR count). The first kappa shape index (κ1) is 26.6. The first-order chi connectivity index (χ1) is 17.1. The Morgan fingerprint density at radius 3 is 2.06 bits per heavy atom. The number of fused-ring (bicyclic) bond motifs is 3. The largest absolute Gasteiger partial charge is 1.00 e. The number of primary amides is 1. The van der Waals surface area contributed by atoms with E-state index in [1.54, 1.807) is 7.11 Å². The second kappa shape index (κ2) is 11.8. The van der Waals surface area contributed by atoms with Gasteiger partial charge in [-0.25, -0.2) is 0 Å². The molecule has 0 spiro atoms. The van der Waals surface area contributed by atoms with Crippen molar-refractivity contribution in [1.82, 2.24) is 5.32 Å². The molecular weight excluding hydrogens is 561 g/mol. The maximum Gasteiger partial charge on any atom is 0.272 e. The van der Waals surface area contributed by atoms with Crippen LogP contribution in [0, 0.1) is 5.92 Å². The normalized spacial score (nSPS) is 24.8. The molecule has 0 unspecified atom stereocenters. The molecule has 0 aliphatic carbocycles. The molecule has 3 aliphatic rings. The Morgan fingerprint density at radius 2 is 1.50 bits per heavy atom. The molecule has 0 saturated carbocycles. The van der Waals surface area contributed by atoms with Crippen LogP contribution in [0.25, 0.3) is 0 Å². The summed E-state index contributed by atoms with van der Waals surface area (Å²) >= 11 is 0. The minimum atomic E-state index is -0.210. The highest BCUT2D eigenvalue weighted by atomic mass is 127. The Bertz CT molecular complexity index is 1090. The Labute approximate surface area is 231 Å². The number of hydrogen-bond donors (Lipinski definition) is 2. The van der Waals surface area contributed by atoms with Gasteiger partial charge in [0, 0.05) is 24.9 Å². The number of nitrogens with one attached hydrogen (secondary N) is 1. The summed E-state index contributed by atoms with van der Waals surface area (Å²) in [5.41, 5.74) is 9.64. The third-order valence-corrected chi connectivity index (χ3v) is 8.25. The van der Waals surface area contributed by atoms with E-state index in [9.17, 15) is 4.79 Å². The van der Waals surface area contributed by atoms with Crippen LogP contribution in [0.1, 0.15) is 35.4 Å². The second-order valence-corrected chi connectivity index (χ2v) is 10.1. The van der Waals surface area contributed by atoms with Crippen molar-refractivity contribution in [2.45, 2.75) is 37.4 Å². The van der Waals surface area contributed by atoms with Gasteiger partial charge in [-0.2, -0.15) is 0 Å². The van der Waals surface area contributed by atoms with Crippen molar-refractivity contribution >= 4 is 5.91 Å². The summed E-state index contributed by atoms with van der Waals surface area (Å²) in [5.74, 6) is 1.42. The molecule has 3 fully saturated rings. The Kier molecular flexibility index (Phi) is 8.70. The number of halogens is 1.